The fourth-order valence-corrected chi connectivity index (χ4v) is 1.81. The van der Waals surface area contributed by atoms with Gasteiger partial charge in [-0.2, -0.15) is 0 Å². The SMILES string of the molecule is CCCC(CC)NCCCOCC1CC1. The smallest absolute Gasteiger partial charge is 0.0494 e. The lowest BCUT2D eigenvalue weighted by Gasteiger charge is -2.15. The zero-order valence-electron chi connectivity index (χ0n) is 10.4. The van der Waals surface area contributed by atoms with Crippen LogP contribution in [0, 0.1) is 5.92 Å². The summed E-state index contributed by atoms with van der Waals surface area (Å²) in [5, 5.41) is 3.59. The lowest BCUT2D eigenvalue weighted by Crippen LogP contribution is -2.29. The highest BCUT2D eigenvalue weighted by Crippen LogP contribution is 2.28. The molecular weight excluding hydrogens is 186 g/mol. The van der Waals surface area contributed by atoms with Gasteiger partial charge in [-0.15, -0.1) is 0 Å². The molecule has 90 valence electrons. The second-order valence-electron chi connectivity index (χ2n) is 4.72. The summed E-state index contributed by atoms with van der Waals surface area (Å²) in [4.78, 5) is 0. The van der Waals surface area contributed by atoms with Crippen molar-refractivity contribution in [2.24, 2.45) is 5.92 Å². The highest BCUT2D eigenvalue weighted by molar-refractivity contribution is 4.72. The van der Waals surface area contributed by atoms with E-state index in [1.807, 2.05) is 0 Å². The van der Waals surface area contributed by atoms with Gasteiger partial charge in [-0.1, -0.05) is 20.3 Å². The van der Waals surface area contributed by atoms with E-state index in [2.05, 4.69) is 19.2 Å². The molecule has 1 atom stereocenters. The van der Waals surface area contributed by atoms with E-state index in [9.17, 15) is 0 Å². The number of hydrogen-bond donors (Lipinski definition) is 1. The first-order valence-electron chi connectivity index (χ1n) is 6.68. The molecule has 0 radical (unpaired) electrons. The Morgan fingerprint density at radius 1 is 1.33 bits per heavy atom. The first-order valence-corrected chi connectivity index (χ1v) is 6.68. The summed E-state index contributed by atoms with van der Waals surface area (Å²) in [6.45, 7) is 7.57. The fourth-order valence-electron chi connectivity index (χ4n) is 1.81. The minimum atomic E-state index is 0.721. The molecule has 2 heteroatoms. The molecule has 0 aliphatic heterocycles. The molecule has 1 aliphatic carbocycles. The molecule has 1 rings (SSSR count). The van der Waals surface area contributed by atoms with Gasteiger partial charge in [0.25, 0.3) is 0 Å². The third-order valence-corrected chi connectivity index (χ3v) is 3.08. The van der Waals surface area contributed by atoms with E-state index in [1.54, 1.807) is 0 Å². The Balaban J connectivity index is 1.81. The molecule has 0 heterocycles. The summed E-state index contributed by atoms with van der Waals surface area (Å²) in [6.07, 6.45) is 7.78. The van der Waals surface area contributed by atoms with Gasteiger partial charge in [0.2, 0.25) is 0 Å². The van der Waals surface area contributed by atoms with Crippen molar-refractivity contribution >= 4 is 0 Å². The Hall–Kier alpha value is -0.0800. The number of rotatable bonds is 10. The predicted molar refractivity (Wildman–Crippen MR) is 65.1 cm³/mol. The van der Waals surface area contributed by atoms with Crippen molar-refractivity contribution in [1.82, 2.24) is 5.32 Å². The standard InChI is InChI=1S/C13H27NO/c1-3-6-13(4-2)14-9-5-10-15-11-12-7-8-12/h12-14H,3-11H2,1-2H3. The second-order valence-corrected chi connectivity index (χ2v) is 4.72. The molecule has 1 unspecified atom stereocenters. The second kappa shape index (κ2) is 8.12. The molecule has 0 spiro atoms. The van der Waals surface area contributed by atoms with Crippen molar-refractivity contribution in [3.63, 3.8) is 0 Å². The van der Waals surface area contributed by atoms with Crippen molar-refractivity contribution in [2.75, 3.05) is 19.8 Å². The van der Waals surface area contributed by atoms with Gasteiger partial charge in [0.1, 0.15) is 0 Å². The van der Waals surface area contributed by atoms with E-state index >= 15 is 0 Å². The quantitative estimate of drug-likeness (QED) is 0.563. The maximum absolute atomic E-state index is 5.59. The molecule has 1 fully saturated rings. The topological polar surface area (TPSA) is 21.3 Å². The van der Waals surface area contributed by atoms with Crippen LogP contribution in [-0.4, -0.2) is 25.8 Å². The van der Waals surface area contributed by atoms with Gasteiger partial charge in [0, 0.05) is 19.3 Å². The minimum absolute atomic E-state index is 0.721. The summed E-state index contributed by atoms with van der Waals surface area (Å²) in [5.41, 5.74) is 0. The monoisotopic (exact) mass is 213 g/mol. The summed E-state index contributed by atoms with van der Waals surface area (Å²) >= 11 is 0. The maximum Gasteiger partial charge on any atom is 0.0494 e. The predicted octanol–water partition coefficient (Wildman–Crippen LogP) is 2.97. The Labute approximate surface area is 94.8 Å². The van der Waals surface area contributed by atoms with Crippen LogP contribution in [0.2, 0.25) is 0 Å². The van der Waals surface area contributed by atoms with Crippen LogP contribution < -0.4 is 5.32 Å². The summed E-state index contributed by atoms with van der Waals surface area (Å²) in [5.74, 6) is 0.904. The largest absolute Gasteiger partial charge is 0.381 e. The van der Waals surface area contributed by atoms with Gasteiger partial charge in [0.15, 0.2) is 0 Å². The minimum Gasteiger partial charge on any atom is -0.381 e. The zero-order chi connectivity index (χ0) is 10.9. The van der Waals surface area contributed by atoms with E-state index in [0.29, 0.717) is 0 Å². The van der Waals surface area contributed by atoms with E-state index in [-0.39, 0.29) is 0 Å². The van der Waals surface area contributed by atoms with Crippen molar-refractivity contribution in [2.45, 2.75) is 58.4 Å². The number of ether oxygens (including phenoxy) is 1. The summed E-state index contributed by atoms with van der Waals surface area (Å²) in [7, 11) is 0. The van der Waals surface area contributed by atoms with Crippen LogP contribution >= 0.6 is 0 Å². The van der Waals surface area contributed by atoms with Gasteiger partial charge in [-0.05, 0) is 44.6 Å². The first kappa shape index (κ1) is 13.0. The van der Waals surface area contributed by atoms with Gasteiger partial charge in [-0.3, -0.25) is 0 Å². The van der Waals surface area contributed by atoms with Crippen molar-refractivity contribution in [3.05, 3.63) is 0 Å². The van der Waals surface area contributed by atoms with Crippen LogP contribution in [0.25, 0.3) is 0 Å². The third kappa shape index (κ3) is 6.91. The molecule has 2 nitrogen and oxygen atoms in total. The van der Waals surface area contributed by atoms with Gasteiger partial charge in [-0.25, -0.2) is 0 Å². The molecular formula is C13H27NO. The van der Waals surface area contributed by atoms with Crippen molar-refractivity contribution in [1.29, 1.82) is 0 Å². The number of hydrogen-bond acceptors (Lipinski definition) is 2. The normalized spacial score (nSPS) is 18.0. The summed E-state index contributed by atoms with van der Waals surface area (Å²) < 4.78 is 5.59. The molecule has 0 aromatic rings. The third-order valence-electron chi connectivity index (χ3n) is 3.08. The lowest BCUT2D eigenvalue weighted by atomic mass is 10.1. The van der Waals surface area contributed by atoms with Gasteiger partial charge in [0.05, 0.1) is 0 Å². The van der Waals surface area contributed by atoms with Crippen LogP contribution in [0.4, 0.5) is 0 Å². The summed E-state index contributed by atoms with van der Waals surface area (Å²) in [6, 6.07) is 0.721. The van der Waals surface area contributed by atoms with E-state index in [1.165, 1.54) is 32.1 Å². The first-order chi connectivity index (χ1) is 7.36. The molecule has 0 bridgehead atoms. The van der Waals surface area contributed by atoms with Gasteiger partial charge >= 0.3 is 0 Å². The van der Waals surface area contributed by atoms with Crippen LogP contribution in [0.15, 0.2) is 0 Å². The molecule has 15 heavy (non-hydrogen) atoms. The molecule has 0 saturated heterocycles. The Morgan fingerprint density at radius 2 is 2.13 bits per heavy atom. The van der Waals surface area contributed by atoms with Crippen LogP contribution in [0.3, 0.4) is 0 Å². The molecule has 0 aromatic heterocycles. The number of nitrogens with one attached hydrogen (secondary N) is 1. The zero-order valence-corrected chi connectivity index (χ0v) is 10.4. The Morgan fingerprint density at radius 3 is 2.73 bits per heavy atom. The van der Waals surface area contributed by atoms with E-state index in [4.69, 9.17) is 4.74 Å². The van der Waals surface area contributed by atoms with Crippen molar-refractivity contribution in [3.8, 4) is 0 Å². The van der Waals surface area contributed by atoms with Crippen molar-refractivity contribution < 1.29 is 4.74 Å². The Kier molecular flexibility index (Phi) is 7.03. The van der Waals surface area contributed by atoms with Crippen LogP contribution in [-0.2, 0) is 4.74 Å². The fraction of sp³-hybridized carbons (Fsp3) is 1.00. The average molecular weight is 213 g/mol. The molecule has 0 amide bonds. The molecule has 1 saturated carbocycles. The van der Waals surface area contributed by atoms with Crippen LogP contribution in [0.1, 0.15) is 52.4 Å². The maximum atomic E-state index is 5.59. The highest BCUT2D eigenvalue weighted by Gasteiger charge is 2.20. The molecule has 1 aliphatic rings. The Bertz CT molecular complexity index is 145. The van der Waals surface area contributed by atoms with Gasteiger partial charge < -0.3 is 10.1 Å². The lowest BCUT2D eigenvalue weighted by molar-refractivity contribution is 0.121. The average Bonchev–Trinajstić information content (AvgIpc) is 3.05. The molecule has 1 N–H and O–H groups in total. The van der Waals surface area contributed by atoms with E-state index in [0.717, 1.165) is 38.1 Å². The highest BCUT2D eigenvalue weighted by atomic mass is 16.5. The molecule has 0 aromatic carbocycles. The van der Waals surface area contributed by atoms with Crippen LogP contribution in [0.5, 0.6) is 0 Å². The van der Waals surface area contributed by atoms with E-state index < -0.39 is 0 Å².